The number of carboxylic acid groups (broad SMARTS) is 1. The number of Topliss-reactive ketones (excluding diaryl/α,β-unsaturated/α-hetero) is 1. The van der Waals surface area contributed by atoms with Gasteiger partial charge in [0.05, 0.1) is 13.0 Å². The van der Waals surface area contributed by atoms with Crippen molar-refractivity contribution in [1.29, 1.82) is 0 Å². The number of rotatable bonds is 25. The number of carbonyl (C=O) groups is 4. The summed E-state index contributed by atoms with van der Waals surface area (Å²) in [6, 6.07) is 14.7. The number of hydrogen-bond acceptors (Lipinski definition) is 7. The van der Waals surface area contributed by atoms with Crippen LogP contribution in [0.25, 0.3) is 11.1 Å². The van der Waals surface area contributed by atoms with Gasteiger partial charge >= 0.3 is 11.9 Å². The van der Waals surface area contributed by atoms with Crippen LogP contribution in [0.5, 0.6) is 0 Å². The molecule has 0 aliphatic rings. The van der Waals surface area contributed by atoms with E-state index in [1.54, 1.807) is 13.0 Å². The number of unbranched alkanes of at least 4 members (excludes halogenated alkanes) is 8. The molecule has 0 unspecified atom stereocenters. The smallest absolute Gasteiger partial charge is 0.336 e. The monoisotopic (exact) mass is 692 g/mol. The van der Waals surface area contributed by atoms with Gasteiger partial charge in [-0.1, -0.05) is 107 Å². The van der Waals surface area contributed by atoms with Crippen molar-refractivity contribution in [2.24, 2.45) is 5.92 Å². The van der Waals surface area contributed by atoms with Crippen LogP contribution in [0, 0.1) is 5.92 Å². The highest BCUT2D eigenvalue weighted by Crippen LogP contribution is 2.27. The first kappa shape index (κ1) is 42.2. The molecule has 0 heterocycles. The average Bonchev–Trinajstić information content (AvgIpc) is 3.10. The number of esters is 1. The predicted octanol–water partition coefficient (Wildman–Crippen LogP) is 7.68. The molecule has 0 spiro atoms. The molecule has 0 saturated carbocycles. The Labute approximate surface area is 299 Å². The van der Waals surface area contributed by atoms with E-state index in [0.29, 0.717) is 31.5 Å². The SMILES string of the molecule is CCCCCCCC(=O)CCCCCCC=C[C@H](C(=O)N[C@@H](Cc1ccc(-c2ccc(N(C)C)cc2)cc1)C(=O)OC)[C@@](O)(CCC)C(=O)O. The number of nitrogens with one attached hydrogen (secondary N) is 1. The molecule has 0 aliphatic carbocycles. The number of carboxylic acids is 1. The topological polar surface area (TPSA) is 133 Å². The van der Waals surface area contributed by atoms with Gasteiger partial charge in [-0.15, -0.1) is 0 Å². The molecule has 276 valence electrons. The Morgan fingerprint density at radius 2 is 1.38 bits per heavy atom. The second kappa shape index (κ2) is 22.7. The summed E-state index contributed by atoms with van der Waals surface area (Å²) in [5.41, 5.74) is 1.55. The van der Waals surface area contributed by atoms with E-state index >= 15 is 0 Å². The molecule has 0 fully saturated rings. The lowest BCUT2D eigenvalue weighted by molar-refractivity contribution is -0.167. The van der Waals surface area contributed by atoms with Crippen LogP contribution < -0.4 is 10.2 Å². The lowest BCUT2D eigenvalue weighted by atomic mass is 9.82. The Morgan fingerprint density at radius 3 is 1.90 bits per heavy atom. The van der Waals surface area contributed by atoms with Gasteiger partial charge < -0.3 is 25.2 Å². The number of carbonyl (C=O) groups excluding carboxylic acids is 3. The fourth-order valence-corrected chi connectivity index (χ4v) is 6.08. The minimum Gasteiger partial charge on any atom is -0.479 e. The minimum atomic E-state index is -2.35. The average molecular weight is 693 g/mol. The van der Waals surface area contributed by atoms with Crippen LogP contribution >= 0.6 is 0 Å². The van der Waals surface area contributed by atoms with Crippen LogP contribution in [-0.4, -0.2) is 66.7 Å². The number of anilines is 1. The molecule has 0 saturated heterocycles. The van der Waals surface area contributed by atoms with Crippen LogP contribution in [0.4, 0.5) is 5.69 Å². The number of benzene rings is 2. The number of allylic oxidation sites excluding steroid dienone is 1. The number of methoxy groups -OCH3 is 1. The second-order valence-electron chi connectivity index (χ2n) is 13.5. The van der Waals surface area contributed by atoms with Crippen molar-refractivity contribution in [1.82, 2.24) is 5.32 Å². The molecule has 9 heteroatoms. The van der Waals surface area contributed by atoms with Gasteiger partial charge in [0.2, 0.25) is 5.91 Å². The number of amides is 1. The predicted molar refractivity (Wildman–Crippen MR) is 200 cm³/mol. The van der Waals surface area contributed by atoms with Gasteiger partial charge in [-0.2, -0.15) is 0 Å². The molecule has 1 amide bonds. The van der Waals surface area contributed by atoms with Crippen LogP contribution in [-0.2, 0) is 30.3 Å². The summed E-state index contributed by atoms with van der Waals surface area (Å²) in [4.78, 5) is 53.0. The number of ether oxygens (including phenoxy) is 1. The van der Waals surface area contributed by atoms with Gasteiger partial charge in [-0.25, -0.2) is 9.59 Å². The maximum absolute atomic E-state index is 13.7. The normalized spacial score (nSPS) is 13.7. The van der Waals surface area contributed by atoms with E-state index in [1.165, 1.54) is 32.4 Å². The molecular weight excluding hydrogens is 632 g/mol. The number of nitrogens with zero attached hydrogens (tertiary/aromatic N) is 1. The van der Waals surface area contributed by atoms with E-state index in [0.717, 1.165) is 60.9 Å². The minimum absolute atomic E-state index is 0.120. The zero-order chi connectivity index (χ0) is 36.9. The molecule has 0 aromatic heterocycles. The first-order valence-corrected chi connectivity index (χ1v) is 18.4. The van der Waals surface area contributed by atoms with Crippen LogP contribution in [0.15, 0.2) is 60.7 Å². The Hall–Kier alpha value is -3.98. The maximum atomic E-state index is 13.7. The molecule has 2 aromatic rings. The van der Waals surface area contributed by atoms with Crippen molar-refractivity contribution in [2.75, 3.05) is 26.1 Å². The number of aliphatic hydroxyl groups is 1. The van der Waals surface area contributed by atoms with Gasteiger partial charge in [0, 0.05) is 39.0 Å². The van der Waals surface area contributed by atoms with Gasteiger partial charge in [-0.3, -0.25) is 9.59 Å². The van der Waals surface area contributed by atoms with Crippen molar-refractivity contribution in [3.8, 4) is 11.1 Å². The Morgan fingerprint density at radius 1 is 0.820 bits per heavy atom. The first-order chi connectivity index (χ1) is 24.0. The number of aliphatic carboxylic acids is 1. The first-order valence-electron chi connectivity index (χ1n) is 18.4. The van der Waals surface area contributed by atoms with E-state index in [-0.39, 0.29) is 12.8 Å². The Bertz CT molecular complexity index is 1350. The van der Waals surface area contributed by atoms with Gasteiger partial charge in [0.25, 0.3) is 0 Å². The van der Waals surface area contributed by atoms with E-state index in [2.05, 4.69) is 12.2 Å². The molecule has 0 bridgehead atoms. The Balaban J connectivity index is 2.04. The van der Waals surface area contributed by atoms with Crippen molar-refractivity contribution >= 4 is 29.3 Å². The van der Waals surface area contributed by atoms with Crippen molar-refractivity contribution in [3.63, 3.8) is 0 Å². The van der Waals surface area contributed by atoms with E-state index in [9.17, 15) is 29.4 Å². The molecule has 0 radical (unpaired) electrons. The third-order valence-corrected chi connectivity index (χ3v) is 9.18. The molecule has 0 aliphatic heterocycles. The maximum Gasteiger partial charge on any atom is 0.336 e. The van der Waals surface area contributed by atoms with Crippen molar-refractivity contribution in [3.05, 3.63) is 66.2 Å². The third kappa shape index (κ3) is 14.1. The molecule has 3 atom stereocenters. The summed E-state index contributed by atoms with van der Waals surface area (Å²) in [5.74, 6) is -4.03. The second-order valence-corrected chi connectivity index (χ2v) is 13.5. The largest absolute Gasteiger partial charge is 0.479 e. The summed E-state index contributed by atoms with van der Waals surface area (Å²) in [6.07, 6.45) is 14.5. The Kier molecular flexibility index (Phi) is 19.1. The van der Waals surface area contributed by atoms with Gasteiger partial charge in [0.15, 0.2) is 5.60 Å². The summed E-state index contributed by atoms with van der Waals surface area (Å²) in [5, 5.41) is 24.0. The van der Waals surface area contributed by atoms with E-state index < -0.39 is 35.4 Å². The molecule has 9 nitrogen and oxygen atoms in total. The standard InChI is InChI=1S/C41H60N2O7/c1-6-8-9-12-15-18-35(44)19-16-13-10-11-14-17-20-36(41(49,29-7-2)40(47)48)38(45)42-37(39(46)50-5)30-31-21-23-32(24-22-31)33-25-27-34(28-26-33)43(3)4/h17,20-28,36-37,49H,6-16,18-19,29-30H2,1-5H3,(H,42,45)(H,47,48)/t36-,37+,41+/m1/s1. The lowest BCUT2D eigenvalue weighted by Crippen LogP contribution is -2.54. The highest BCUT2D eigenvalue weighted by Gasteiger charge is 2.46. The van der Waals surface area contributed by atoms with Crippen LogP contribution in [0.3, 0.4) is 0 Å². The molecule has 2 rings (SSSR count). The quantitative estimate of drug-likeness (QED) is 0.0549. The molecule has 50 heavy (non-hydrogen) atoms. The number of hydrogen-bond donors (Lipinski definition) is 3. The summed E-state index contributed by atoms with van der Waals surface area (Å²) in [7, 11) is 5.20. The highest BCUT2D eigenvalue weighted by molar-refractivity contribution is 5.92. The molecular formula is C41H60N2O7. The van der Waals surface area contributed by atoms with E-state index in [1.807, 2.05) is 67.5 Å². The summed E-state index contributed by atoms with van der Waals surface area (Å²) >= 11 is 0. The van der Waals surface area contributed by atoms with Crippen molar-refractivity contribution in [2.45, 2.75) is 122 Å². The van der Waals surface area contributed by atoms with Gasteiger partial charge in [-0.05, 0) is 60.9 Å². The number of ketones is 1. The van der Waals surface area contributed by atoms with Crippen LogP contribution in [0.2, 0.25) is 0 Å². The fraction of sp³-hybridized carbons (Fsp3) is 0.561. The zero-order valence-corrected chi connectivity index (χ0v) is 30.9. The third-order valence-electron chi connectivity index (χ3n) is 9.18. The lowest BCUT2D eigenvalue weighted by Gasteiger charge is -2.30. The zero-order valence-electron chi connectivity index (χ0n) is 30.9. The molecule has 3 N–H and O–H groups in total. The van der Waals surface area contributed by atoms with Crippen LogP contribution in [0.1, 0.15) is 109 Å². The summed E-state index contributed by atoms with van der Waals surface area (Å²) in [6.45, 7) is 3.91. The fourth-order valence-electron chi connectivity index (χ4n) is 6.08. The van der Waals surface area contributed by atoms with Gasteiger partial charge in [0.1, 0.15) is 11.8 Å². The summed E-state index contributed by atoms with van der Waals surface area (Å²) < 4.78 is 4.99. The van der Waals surface area contributed by atoms with E-state index in [4.69, 9.17) is 4.74 Å². The molecule has 2 aromatic carbocycles. The highest BCUT2D eigenvalue weighted by atomic mass is 16.5. The van der Waals surface area contributed by atoms with Crippen molar-refractivity contribution < 1.29 is 34.1 Å².